The number of nitrogens with zero attached hydrogens (tertiary/aromatic N) is 1. The number of benzene rings is 1. The van der Waals surface area contributed by atoms with Gasteiger partial charge in [0.25, 0.3) is 0 Å². The molecule has 1 aromatic heterocycles. The van der Waals surface area contributed by atoms with Crippen LogP contribution in [0.4, 0.5) is 4.39 Å². The summed E-state index contributed by atoms with van der Waals surface area (Å²) < 4.78 is 13.3. The van der Waals surface area contributed by atoms with Gasteiger partial charge in [0.15, 0.2) is 5.96 Å². The molecule has 1 aliphatic rings. The fraction of sp³-hybridized carbons (Fsp3) is 0.524. The van der Waals surface area contributed by atoms with Gasteiger partial charge in [-0.2, -0.15) is 0 Å². The van der Waals surface area contributed by atoms with E-state index in [9.17, 15) is 9.18 Å². The van der Waals surface area contributed by atoms with Crippen LogP contribution in [0, 0.1) is 11.7 Å². The number of amides is 1. The van der Waals surface area contributed by atoms with Crippen LogP contribution in [-0.4, -0.2) is 43.5 Å². The van der Waals surface area contributed by atoms with Crippen molar-refractivity contribution in [1.82, 2.24) is 20.9 Å². The molecule has 6 nitrogen and oxygen atoms in total. The minimum Gasteiger partial charge on any atom is -0.361 e. The van der Waals surface area contributed by atoms with Gasteiger partial charge in [0.2, 0.25) is 5.91 Å². The number of guanidine groups is 1. The Morgan fingerprint density at radius 2 is 1.93 bits per heavy atom. The number of hydrogen-bond acceptors (Lipinski definition) is 2. The van der Waals surface area contributed by atoms with Gasteiger partial charge in [0.05, 0.1) is 0 Å². The quantitative estimate of drug-likeness (QED) is 0.319. The molecule has 1 heterocycles. The lowest BCUT2D eigenvalue weighted by Crippen LogP contribution is -2.42. The number of carbonyl (C=O) groups excluding carboxylic acids is 1. The summed E-state index contributed by atoms with van der Waals surface area (Å²) in [6.45, 7) is 1.92. The monoisotopic (exact) mass is 387 g/mol. The Hall–Kier alpha value is -2.57. The summed E-state index contributed by atoms with van der Waals surface area (Å²) in [6.07, 6.45) is 8.27. The molecule has 1 aliphatic carbocycles. The van der Waals surface area contributed by atoms with Gasteiger partial charge < -0.3 is 20.9 Å². The van der Waals surface area contributed by atoms with E-state index in [0.717, 1.165) is 22.9 Å². The van der Waals surface area contributed by atoms with Crippen LogP contribution >= 0.6 is 0 Å². The molecule has 1 amide bonds. The van der Waals surface area contributed by atoms with E-state index >= 15 is 0 Å². The third-order valence-electron chi connectivity index (χ3n) is 5.33. The molecule has 2 aromatic rings. The SMILES string of the molecule is CN=C(NCCNC(=O)CC1CCCC1)NCCc1c[nH]c2cc(F)ccc12. The van der Waals surface area contributed by atoms with Crippen LogP contribution in [0.3, 0.4) is 0 Å². The maximum atomic E-state index is 13.3. The zero-order valence-corrected chi connectivity index (χ0v) is 16.5. The number of rotatable bonds is 8. The van der Waals surface area contributed by atoms with Crippen molar-refractivity contribution in [3.05, 3.63) is 35.8 Å². The van der Waals surface area contributed by atoms with E-state index in [4.69, 9.17) is 0 Å². The molecule has 0 unspecified atom stereocenters. The number of carbonyl (C=O) groups is 1. The molecule has 0 atom stereocenters. The van der Waals surface area contributed by atoms with Crippen LogP contribution in [-0.2, 0) is 11.2 Å². The molecule has 1 aromatic carbocycles. The van der Waals surface area contributed by atoms with E-state index in [0.29, 0.717) is 37.9 Å². The molecule has 1 saturated carbocycles. The van der Waals surface area contributed by atoms with Gasteiger partial charge in [-0.05, 0) is 48.9 Å². The van der Waals surface area contributed by atoms with Crippen LogP contribution in [0.25, 0.3) is 10.9 Å². The molecule has 4 N–H and O–H groups in total. The summed E-state index contributed by atoms with van der Waals surface area (Å²) in [5.41, 5.74) is 1.95. The standard InChI is InChI=1S/C21H30FN5O/c1-23-21(26-11-10-24-20(28)12-15-4-2-3-5-15)25-9-8-16-14-27-19-13-17(22)6-7-18(16)19/h6-7,13-15,27H,2-5,8-12H2,1H3,(H,24,28)(H2,23,25,26). The Labute approximate surface area is 165 Å². The lowest BCUT2D eigenvalue weighted by Gasteiger charge is -2.13. The van der Waals surface area contributed by atoms with Gasteiger partial charge in [-0.3, -0.25) is 9.79 Å². The van der Waals surface area contributed by atoms with Gasteiger partial charge in [-0.25, -0.2) is 4.39 Å². The summed E-state index contributed by atoms with van der Waals surface area (Å²) in [7, 11) is 1.72. The molecule has 0 aliphatic heterocycles. The van der Waals surface area contributed by atoms with Crippen LogP contribution in [0.2, 0.25) is 0 Å². The smallest absolute Gasteiger partial charge is 0.220 e. The van der Waals surface area contributed by atoms with E-state index in [-0.39, 0.29) is 11.7 Å². The van der Waals surface area contributed by atoms with Crippen LogP contribution in [0.1, 0.15) is 37.7 Å². The number of fused-ring (bicyclic) bond motifs is 1. The van der Waals surface area contributed by atoms with Crippen LogP contribution in [0.5, 0.6) is 0 Å². The fourth-order valence-corrected chi connectivity index (χ4v) is 3.83. The number of H-pyrrole nitrogens is 1. The zero-order valence-electron chi connectivity index (χ0n) is 16.5. The van der Waals surface area contributed by atoms with Crippen molar-refractivity contribution in [2.75, 3.05) is 26.7 Å². The van der Waals surface area contributed by atoms with Crippen LogP contribution < -0.4 is 16.0 Å². The van der Waals surface area contributed by atoms with Gasteiger partial charge >= 0.3 is 0 Å². The highest BCUT2D eigenvalue weighted by Crippen LogP contribution is 2.27. The van der Waals surface area contributed by atoms with E-state index in [1.807, 2.05) is 6.20 Å². The third kappa shape index (κ3) is 5.71. The average molecular weight is 388 g/mol. The molecule has 0 spiro atoms. The van der Waals surface area contributed by atoms with Gasteiger partial charge in [0, 0.05) is 50.2 Å². The van der Waals surface area contributed by atoms with Gasteiger partial charge in [-0.1, -0.05) is 12.8 Å². The van der Waals surface area contributed by atoms with E-state index in [1.54, 1.807) is 13.1 Å². The molecular formula is C21H30FN5O. The second-order valence-corrected chi connectivity index (χ2v) is 7.38. The summed E-state index contributed by atoms with van der Waals surface area (Å²) in [5, 5.41) is 10.5. The molecule has 0 bridgehead atoms. The normalized spacial score (nSPS) is 15.1. The summed E-state index contributed by atoms with van der Waals surface area (Å²) in [4.78, 5) is 19.2. The first-order valence-electron chi connectivity index (χ1n) is 10.1. The number of aromatic nitrogens is 1. The predicted molar refractivity (Wildman–Crippen MR) is 111 cm³/mol. The lowest BCUT2D eigenvalue weighted by atomic mass is 10.0. The Morgan fingerprint density at radius 3 is 2.71 bits per heavy atom. The Balaban J connectivity index is 1.33. The first-order chi connectivity index (χ1) is 13.7. The topological polar surface area (TPSA) is 81.3 Å². The first kappa shape index (κ1) is 20.2. The highest BCUT2D eigenvalue weighted by Gasteiger charge is 2.17. The van der Waals surface area contributed by atoms with Gasteiger partial charge in [0.1, 0.15) is 5.82 Å². The third-order valence-corrected chi connectivity index (χ3v) is 5.33. The molecule has 28 heavy (non-hydrogen) atoms. The second kappa shape index (κ2) is 10.1. The highest BCUT2D eigenvalue weighted by molar-refractivity contribution is 5.83. The Morgan fingerprint density at radius 1 is 1.18 bits per heavy atom. The molecule has 0 radical (unpaired) electrons. The van der Waals surface area contributed by atoms with Crippen molar-refractivity contribution < 1.29 is 9.18 Å². The van der Waals surface area contributed by atoms with E-state index in [1.165, 1.54) is 37.8 Å². The molecule has 1 fully saturated rings. The second-order valence-electron chi connectivity index (χ2n) is 7.38. The van der Waals surface area contributed by atoms with Crippen molar-refractivity contribution in [1.29, 1.82) is 0 Å². The Kier molecular flexibility index (Phi) is 7.28. The molecular weight excluding hydrogens is 357 g/mol. The average Bonchev–Trinajstić information content (AvgIpc) is 3.33. The highest BCUT2D eigenvalue weighted by atomic mass is 19.1. The number of hydrogen-bond donors (Lipinski definition) is 4. The first-order valence-corrected chi connectivity index (χ1v) is 10.1. The zero-order chi connectivity index (χ0) is 19.8. The predicted octanol–water partition coefficient (Wildman–Crippen LogP) is 2.71. The molecule has 0 saturated heterocycles. The van der Waals surface area contributed by atoms with E-state index in [2.05, 4.69) is 25.9 Å². The number of nitrogens with one attached hydrogen (secondary N) is 4. The largest absolute Gasteiger partial charge is 0.361 e. The fourth-order valence-electron chi connectivity index (χ4n) is 3.83. The van der Waals surface area contributed by atoms with Crippen molar-refractivity contribution >= 4 is 22.8 Å². The minimum atomic E-state index is -0.237. The van der Waals surface area contributed by atoms with Crippen LogP contribution in [0.15, 0.2) is 29.4 Å². The summed E-state index contributed by atoms with van der Waals surface area (Å²) in [6, 6.07) is 4.79. The molecule has 7 heteroatoms. The minimum absolute atomic E-state index is 0.146. The van der Waals surface area contributed by atoms with E-state index < -0.39 is 0 Å². The molecule has 152 valence electrons. The number of halogens is 1. The summed E-state index contributed by atoms with van der Waals surface area (Å²) >= 11 is 0. The Bertz CT molecular complexity index is 810. The maximum absolute atomic E-state index is 13.3. The lowest BCUT2D eigenvalue weighted by molar-refractivity contribution is -0.121. The van der Waals surface area contributed by atoms with Crippen molar-refractivity contribution in [3.63, 3.8) is 0 Å². The number of aromatic amines is 1. The summed E-state index contributed by atoms with van der Waals surface area (Å²) in [5.74, 6) is 1.19. The van der Waals surface area contributed by atoms with Gasteiger partial charge in [-0.15, -0.1) is 0 Å². The molecule has 3 rings (SSSR count). The van der Waals surface area contributed by atoms with Crippen molar-refractivity contribution in [2.24, 2.45) is 10.9 Å². The van der Waals surface area contributed by atoms with Crippen molar-refractivity contribution in [2.45, 2.75) is 38.5 Å². The maximum Gasteiger partial charge on any atom is 0.220 e. The van der Waals surface area contributed by atoms with Crippen molar-refractivity contribution in [3.8, 4) is 0 Å². The number of aliphatic imine (C=N–C) groups is 1.